The number of imide groups is 1. The van der Waals surface area contributed by atoms with Gasteiger partial charge in [-0.3, -0.25) is 14.9 Å². The highest BCUT2D eigenvalue weighted by atomic mass is 19.3. The first kappa shape index (κ1) is 19.3. The van der Waals surface area contributed by atoms with Crippen molar-refractivity contribution in [2.24, 2.45) is 11.8 Å². The first-order valence-electron chi connectivity index (χ1n) is 9.00. The Hall–Kier alpha value is -2.51. The van der Waals surface area contributed by atoms with Gasteiger partial charge in [-0.15, -0.1) is 0 Å². The maximum Gasteiger partial charge on any atom is 0.322 e. The highest BCUT2D eigenvalue weighted by Crippen LogP contribution is 2.41. The van der Waals surface area contributed by atoms with Crippen molar-refractivity contribution in [3.63, 3.8) is 0 Å². The molecular formula is C19H23F2N3O3. The van der Waals surface area contributed by atoms with Gasteiger partial charge in [-0.25, -0.2) is 13.6 Å². The standard InChI is InChI=1S/C19H23F2N3O3/c1-11(9-12-3-5-13(6-4-12)18(2,20)21)15(25)22-10-19(14-7-8-14)16(26)23-17(27)24-19/h3-6,11,14H,7-10H2,1-2H3,(H,22,25)(H2,23,24,26,27)/t11-,19+/m1/s1. The minimum absolute atomic E-state index is 0.0304. The molecule has 146 valence electrons. The number of carbonyl (C=O) groups is 3. The lowest BCUT2D eigenvalue weighted by molar-refractivity contribution is -0.127. The van der Waals surface area contributed by atoms with Crippen molar-refractivity contribution >= 4 is 17.8 Å². The second-order valence-corrected chi connectivity index (χ2v) is 7.56. The van der Waals surface area contributed by atoms with E-state index < -0.39 is 29.3 Å². The SMILES string of the molecule is C[C@H](Cc1ccc(C(C)(F)F)cc1)C(=O)NC[C@@]1(C2CC2)NC(=O)NC1=O. The molecule has 3 rings (SSSR count). The van der Waals surface area contributed by atoms with Gasteiger partial charge in [-0.2, -0.15) is 0 Å². The average Bonchev–Trinajstić information content (AvgIpc) is 3.39. The molecule has 0 aromatic heterocycles. The quantitative estimate of drug-likeness (QED) is 0.634. The second kappa shape index (κ2) is 6.90. The van der Waals surface area contributed by atoms with Crippen LogP contribution in [0, 0.1) is 11.8 Å². The summed E-state index contributed by atoms with van der Waals surface area (Å²) in [5.41, 5.74) is -0.368. The topological polar surface area (TPSA) is 87.3 Å². The zero-order chi connectivity index (χ0) is 19.8. The summed E-state index contributed by atoms with van der Waals surface area (Å²) in [6.07, 6.45) is 2.04. The number of carbonyl (C=O) groups excluding carboxylic acids is 3. The van der Waals surface area contributed by atoms with Crippen LogP contribution >= 0.6 is 0 Å². The minimum Gasteiger partial charge on any atom is -0.353 e. The lowest BCUT2D eigenvalue weighted by Crippen LogP contribution is -2.57. The molecule has 2 atom stereocenters. The van der Waals surface area contributed by atoms with Crippen LogP contribution in [-0.4, -0.2) is 29.9 Å². The number of hydrogen-bond acceptors (Lipinski definition) is 3. The van der Waals surface area contributed by atoms with E-state index in [0.29, 0.717) is 6.42 Å². The molecule has 1 heterocycles. The van der Waals surface area contributed by atoms with Gasteiger partial charge in [0, 0.05) is 18.4 Å². The van der Waals surface area contributed by atoms with Crippen LogP contribution in [0.4, 0.5) is 13.6 Å². The Morgan fingerprint density at radius 2 is 1.93 bits per heavy atom. The molecule has 1 aromatic rings. The van der Waals surface area contributed by atoms with E-state index in [2.05, 4.69) is 16.0 Å². The second-order valence-electron chi connectivity index (χ2n) is 7.56. The number of amides is 4. The fraction of sp³-hybridized carbons (Fsp3) is 0.526. The summed E-state index contributed by atoms with van der Waals surface area (Å²) in [5, 5.41) is 7.65. The molecule has 4 amide bonds. The number of urea groups is 1. The minimum atomic E-state index is -2.90. The highest BCUT2D eigenvalue weighted by Gasteiger charge is 2.56. The van der Waals surface area contributed by atoms with Crippen LogP contribution in [0.2, 0.25) is 0 Å². The van der Waals surface area contributed by atoms with Gasteiger partial charge in [0.25, 0.3) is 11.8 Å². The first-order chi connectivity index (χ1) is 12.6. The van der Waals surface area contributed by atoms with Crippen molar-refractivity contribution in [3.8, 4) is 0 Å². The lowest BCUT2D eigenvalue weighted by Gasteiger charge is -2.27. The molecule has 1 aromatic carbocycles. The Balaban J connectivity index is 1.58. The van der Waals surface area contributed by atoms with Crippen LogP contribution in [0.25, 0.3) is 0 Å². The fourth-order valence-corrected chi connectivity index (χ4v) is 3.42. The molecule has 1 aliphatic carbocycles. The molecule has 0 radical (unpaired) electrons. The molecule has 0 unspecified atom stereocenters. The molecule has 8 heteroatoms. The van der Waals surface area contributed by atoms with Crippen molar-refractivity contribution in [1.29, 1.82) is 0 Å². The Morgan fingerprint density at radius 3 is 2.41 bits per heavy atom. The van der Waals surface area contributed by atoms with Crippen LogP contribution in [-0.2, 0) is 21.9 Å². The predicted octanol–water partition coefficient (Wildman–Crippen LogP) is 2.08. The fourth-order valence-electron chi connectivity index (χ4n) is 3.42. The van der Waals surface area contributed by atoms with E-state index in [1.807, 2.05) is 0 Å². The van der Waals surface area contributed by atoms with Crippen molar-refractivity contribution < 1.29 is 23.2 Å². The van der Waals surface area contributed by atoms with E-state index in [4.69, 9.17) is 0 Å². The van der Waals surface area contributed by atoms with Gasteiger partial charge in [0.15, 0.2) is 0 Å². The molecule has 0 spiro atoms. The summed E-state index contributed by atoms with van der Waals surface area (Å²) in [6.45, 7) is 2.61. The molecule has 1 saturated heterocycles. The van der Waals surface area contributed by atoms with E-state index in [-0.39, 0.29) is 23.9 Å². The summed E-state index contributed by atoms with van der Waals surface area (Å²) in [6, 6.07) is 5.36. The van der Waals surface area contributed by atoms with E-state index in [9.17, 15) is 23.2 Å². The third kappa shape index (κ3) is 4.09. The summed E-state index contributed by atoms with van der Waals surface area (Å²) in [5.74, 6) is -3.93. The van der Waals surface area contributed by atoms with E-state index in [1.165, 1.54) is 12.1 Å². The number of nitrogens with one attached hydrogen (secondary N) is 3. The molecule has 6 nitrogen and oxygen atoms in total. The molecule has 0 bridgehead atoms. The molecule has 2 aliphatic rings. The van der Waals surface area contributed by atoms with Crippen LogP contribution in [0.15, 0.2) is 24.3 Å². The Bertz CT molecular complexity index is 756. The predicted molar refractivity (Wildman–Crippen MR) is 94.0 cm³/mol. The normalized spacial score (nSPS) is 23.6. The van der Waals surface area contributed by atoms with Crippen molar-refractivity contribution in [3.05, 3.63) is 35.4 Å². The van der Waals surface area contributed by atoms with Crippen LogP contribution in [0.3, 0.4) is 0 Å². The zero-order valence-corrected chi connectivity index (χ0v) is 15.3. The lowest BCUT2D eigenvalue weighted by atomic mass is 9.92. The van der Waals surface area contributed by atoms with Gasteiger partial charge in [-0.05, 0) is 30.7 Å². The highest BCUT2D eigenvalue weighted by molar-refractivity contribution is 6.07. The number of halogens is 2. The van der Waals surface area contributed by atoms with Crippen molar-refractivity contribution in [2.45, 2.75) is 44.6 Å². The number of rotatable bonds is 7. The monoisotopic (exact) mass is 379 g/mol. The zero-order valence-electron chi connectivity index (χ0n) is 15.3. The summed E-state index contributed by atoms with van der Waals surface area (Å²) in [4.78, 5) is 36.1. The number of hydrogen-bond donors (Lipinski definition) is 3. The molecule has 1 saturated carbocycles. The maximum atomic E-state index is 13.3. The van der Waals surface area contributed by atoms with Crippen LogP contribution in [0.5, 0.6) is 0 Å². The number of benzene rings is 1. The third-order valence-electron chi connectivity index (χ3n) is 5.23. The third-order valence-corrected chi connectivity index (χ3v) is 5.23. The molecule has 3 N–H and O–H groups in total. The van der Waals surface area contributed by atoms with Gasteiger partial charge in [0.05, 0.1) is 6.54 Å². The van der Waals surface area contributed by atoms with E-state index in [1.54, 1.807) is 19.1 Å². The summed E-state index contributed by atoms with van der Waals surface area (Å²) < 4.78 is 26.5. The van der Waals surface area contributed by atoms with Crippen molar-refractivity contribution in [1.82, 2.24) is 16.0 Å². The Labute approximate surface area is 156 Å². The van der Waals surface area contributed by atoms with Crippen molar-refractivity contribution in [2.75, 3.05) is 6.54 Å². The Morgan fingerprint density at radius 1 is 1.30 bits per heavy atom. The maximum absolute atomic E-state index is 13.3. The van der Waals surface area contributed by atoms with Crippen LogP contribution < -0.4 is 16.0 Å². The van der Waals surface area contributed by atoms with Gasteiger partial charge >= 0.3 is 6.03 Å². The van der Waals surface area contributed by atoms with Crippen LogP contribution in [0.1, 0.15) is 37.8 Å². The summed E-state index contributed by atoms with van der Waals surface area (Å²) in [7, 11) is 0. The van der Waals surface area contributed by atoms with Gasteiger partial charge in [0.1, 0.15) is 5.54 Å². The number of alkyl halides is 2. The van der Waals surface area contributed by atoms with E-state index >= 15 is 0 Å². The molecule has 2 fully saturated rings. The average molecular weight is 379 g/mol. The van der Waals surface area contributed by atoms with E-state index in [0.717, 1.165) is 25.3 Å². The Kier molecular flexibility index (Phi) is 4.92. The van der Waals surface area contributed by atoms with Gasteiger partial charge in [-0.1, -0.05) is 31.2 Å². The van der Waals surface area contributed by atoms with Gasteiger partial charge < -0.3 is 10.6 Å². The molecular weight excluding hydrogens is 356 g/mol. The molecule has 27 heavy (non-hydrogen) atoms. The first-order valence-corrected chi connectivity index (χ1v) is 9.00. The smallest absolute Gasteiger partial charge is 0.322 e. The van der Waals surface area contributed by atoms with Gasteiger partial charge in [0.2, 0.25) is 5.91 Å². The molecule has 1 aliphatic heterocycles. The largest absolute Gasteiger partial charge is 0.353 e. The summed E-state index contributed by atoms with van der Waals surface area (Å²) >= 11 is 0.